The first-order valence-corrected chi connectivity index (χ1v) is 8.41. The Balaban J connectivity index is 1.74. The average Bonchev–Trinajstić information content (AvgIpc) is 2.78. The maximum Gasteiger partial charge on any atom is 0.256 e. The van der Waals surface area contributed by atoms with E-state index >= 15 is 0 Å². The highest BCUT2D eigenvalue weighted by Gasteiger charge is 2.43. The quantitative estimate of drug-likeness (QED) is 0.881. The molecule has 3 atom stereocenters. The minimum Gasteiger partial charge on any atom is -0.393 e. The molecule has 2 aliphatic rings. The average molecular weight is 310 g/mol. The van der Waals surface area contributed by atoms with E-state index in [4.69, 9.17) is 0 Å². The number of hydrogen-bond acceptors (Lipinski definition) is 3. The Bertz CT molecular complexity index is 772. The molecule has 0 spiro atoms. The number of amides is 1. The molecule has 1 N–H and O–H groups in total. The highest BCUT2D eigenvalue weighted by Crippen LogP contribution is 2.37. The number of carbonyl (C=O) groups excluding carboxylic acids is 1. The van der Waals surface area contributed by atoms with Gasteiger partial charge < -0.3 is 10.0 Å². The molecule has 3 heterocycles. The van der Waals surface area contributed by atoms with Gasteiger partial charge in [0.15, 0.2) is 0 Å². The summed E-state index contributed by atoms with van der Waals surface area (Å²) in [6.07, 6.45) is 3.18. The minimum absolute atomic E-state index is 0.0813. The van der Waals surface area contributed by atoms with Gasteiger partial charge in [0.25, 0.3) is 5.91 Å². The molecule has 2 aromatic rings. The van der Waals surface area contributed by atoms with Crippen LogP contribution in [-0.4, -0.2) is 39.1 Å². The maximum absolute atomic E-state index is 13.1. The van der Waals surface area contributed by atoms with Crippen molar-refractivity contribution in [2.45, 2.75) is 57.7 Å². The zero-order valence-electron chi connectivity index (χ0n) is 13.6. The van der Waals surface area contributed by atoms with Gasteiger partial charge in [-0.3, -0.25) is 9.78 Å². The van der Waals surface area contributed by atoms with E-state index in [1.807, 2.05) is 36.9 Å². The molecule has 1 aromatic carbocycles. The zero-order valence-corrected chi connectivity index (χ0v) is 13.6. The Hall–Kier alpha value is -1.94. The lowest BCUT2D eigenvalue weighted by Crippen LogP contribution is -2.48. The molecule has 0 radical (unpaired) electrons. The largest absolute Gasteiger partial charge is 0.393 e. The number of aliphatic hydroxyl groups is 1. The molecule has 120 valence electrons. The SMILES string of the molecule is Cc1ccc2nc(C)c(C(=O)N3[C@@H]4CC[C@H]3CC(O)C4)cc2c1. The van der Waals surface area contributed by atoms with Crippen LogP contribution in [0.15, 0.2) is 24.3 Å². The first kappa shape index (κ1) is 14.6. The number of nitrogens with zero attached hydrogens (tertiary/aromatic N) is 2. The van der Waals surface area contributed by atoms with Gasteiger partial charge in [0, 0.05) is 17.5 Å². The third-order valence-electron chi connectivity index (χ3n) is 5.33. The minimum atomic E-state index is -0.255. The van der Waals surface area contributed by atoms with Gasteiger partial charge >= 0.3 is 0 Å². The van der Waals surface area contributed by atoms with E-state index in [0.717, 1.165) is 29.4 Å². The van der Waals surface area contributed by atoms with Crippen LogP contribution in [0.1, 0.15) is 47.3 Å². The third kappa shape index (κ3) is 2.41. The van der Waals surface area contributed by atoms with Crippen LogP contribution in [0.4, 0.5) is 0 Å². The van der Waals surface area contributed by atoms with Crippen molar-refractivity contribution in [1.29, 1.82) is 0 Å². The van der Waals surface area contributed by atoms with E-state index < -0.39 is 0 Å². The first-order chi connectivity index (χ1) is 11.0. The van der Waals surface area contributed by atoms with E-state index in [1.165, 1.54) is 5.56 Å². The summed E-state index contributed by atoms with van der Waals surface area (Å²) < 4.78 is 0. The molecule has 0 aliphatic carbocycles. The number of fused-ring (bicyclic) bond motifs is 3. The lowest BCUT2D eigenvalue weighted by molar-refractivity contribution is 0.0286. The summed E-state index contributed by atoms with van der Waals surface area (Å²) in [5.41, 5.74) is 3.60. The number of piperidine rings is 1. The molecule has 4 rings (SSSR count). The van der Waals surface area contributed by atoms with Crippen molar-refractivity contribution in [3.05, 3.63) is 41.1 Å². The topological polar surface area (TPSA) is 53.4 Å². The van der Waals surface area contributed by atoms with E-state index in [-0.39, 0.29) is 24.1 Å². The fourth-order valence-corrected chi connectivity index (χ4v) is 4.23. The summed E-state index contributed by atoms with van der Waals surface area (Å²) >= 11 is 0. The first-order valence-electron chi connectivity index (χ1n) is 8.41. The van der Waals surface area contributed by atoms with Crippen molar-refractivity contribution in [3.63, 3.8) is 0 Å². The molecular formula is C19H22N2O2. The van der Waals surface area contributed by atoms with Crippen LogP contribution in [0, 0.1) is 13.8 Å². The number of hydrogen-bond donors (Lipinski definition) is 1. The summed E-state index contributed by atoms with van der Waals surface area (Å²) in [5, 5.41) is 11.0. The van der Waals surface area contributed by atoms with Gasteiger partial charge in [0.2, 0.25) is 0 Å². The molecule has 2 fully saturated rings. The predicted octanol–water partition coefficient (Wildman–Crippen LogP) is 2.98. The molecule has 23 heavy (non-hydrogen) atoms. The second-order valence-corrected chi connectivity index (χ2v) is 7.04. The molecule has 1 amide bonds. The van der Waals surface area contributed by atoms with Crippen LogP contribution in [0.25, 0.3) is 10.9 Å². The zero-order chi connectivity index (χ0) is 16.1. The highest BCUT2D eigenvalue weighted by molar-refractivity contribution is 5.99. The van der Waals surface area contributed by atoms with E-state index in [0.29, 0.717) is 18.4 Å². The van der Waals surface area contributed by atoms with Gasteiger partial charge in [-0.15, -0.1) is 0 Å². The standard InChI is InChI=1S/C19H22N2O2/c1-11-3-6-18-13(7-11)8-17(12(2)20-18)19(23)21-14-4-5-15(21)10-16(22)9-14/h3,6-8,14-16,22H,4-5,9-10H2,1-2H3/t14-,15+,16?. The number of aromatic nitrogens is 1. The van der Waals surface area contributed by atoms with Crippen molar-refractivity contribution in [2.24, 2.45) is 0 Å². The molecule has 4 heteroatoms. The lowest BCUT2D eigenvalue weighted by atomic mass is 9.98. The summed E-state index contributed by atoms with van der Waals surface area (Å²) in [4.78, 5) is 19.8. The number of benzene rings is 1. The van der Waals surface area contributed by atoms with Crippen molar-refractivity contribution in [1.82, 2.24) is 9.88 Å². The predicted molar refractivity (Wildman–Crippen MR) is 89.4 cm³/mol. The van der Waals surface area contributed by atoms with E-state index in [1.54, 1.807) is 0 Å². The molecular weight excluding hydrogens is 288 g/mol. The van der Waals surface area contributed by atoms with Crippen LogP contribution in [-0.2, 0) is 0 Å². The lowest BCUT2D eigenvalue weighted by Gasteiger charge is -2.37. The fourth-order valence-electron chi connectivity index (χ4n) is 4.23. The van der Waals surface area contributed by atoms with Gasteiger partial charge in [-0.05, 0) is 57.7 Å². The van der Waals surface area contributed by atoms with Crippen LogP contribution in [0.3, 0.4) is 0 Å². The Labute approximate surface area is 136 Å². The Kier molecular flexibility index (Phi) is 3.38. The number of rotatable bonds is 1. The fraction of sp³-hybridized carbons (Fsp3) is 0.474. The molecule has 2 saturated heterocycles. The molecule has 2 aliphatic heterocycles. The summed E-state index contributed by atoms with van der Waals surface area (Å²) in [6, 6.07) is 8.48. The van der Waals surface area contributed by atoms with Crippen LogP contribution in [0.5, 0.6) is 0 Å². The van der Waals surface area contributed by atoms with E-state index in [2.05, 4.69) is 11.1 Å². The molecule has 1 aromatic heterocycles. The number of carbonyl (C=O) groups is 1. The normalized spacial score (nSPS) is 26.7. The Morgan fingerprint density at radius 2 is 1.87 bits per heavy atom. The summed E-state index contributed by atoms with van der Waals surface area (Å²) in [7, 11) is 0. The molecule has 2 bridgehead atoms. The number of aryl methyl sites for hydroxylation is 2. The van der Waals surface area contributed by atoms with Gasteiger partial charge in [-0.2, -0.15) is 0 Å². The monoisotopic (exact) mass is 310 g/mol. The van der Waals surface area contributed by atoms with Crippen molar-refractivity contribution < 1.29 is 9.90 Å². The van der Waals surface area contributed by atoms with Crippen molar-refractivity contribution in [2.75, 3.05) is 0 Å². The van der Waals surface area contributed by atoms with Gasteiger partial charge in [-0.1, -0.05) is 11.6 Å². The van der Waals surface area contributed by atoms with Gasteiger partial charge in [-0.25, -0.2) is 0 Å². The van der Waals surface area contributed by atoms with Crippen molar-refractivity contribution in [3.8, 4) is 0 Å². The van der Waals surface area contributed by atoms with Gasteiger partial charge in [0.1, 0.15) is 0 Å². The third-order valence-corrected chi connectivity index (χ3v) is 5.33. The molecule has 1 unspecified atom stereocenters. The number of pyridine rings is 1. The smallest absolute Gasteiger partial charge is 0.256 e. The summed E-state index contributed by atoms with van der Waals surface area (Å²) in [6.45, 7) is 3.96. The Morgan fingerprint density at radius 3 is 2.57 bits per heavy atom. The van der Waals surface area contributed by atoms with Gasteiger partial charge in [0.05, 0.1) is 22.9 Å². The number of aliphatic hydroxyl groups excluding tert-OH is 1. The van der Waals surface area contributed by atoms with Crippen LogP contribution >= 0.6 is 0 Å². The molecule has 4 nitrogen and oxygen atoms in total. The summed E-state index contributed by atoms with van der Waals surface area (Å²) in [5.74, 6) is 0.0813. The van der Waals surface area contributed by atoms with E-state index in [9.17, 15) is 9.90 Å². The highest BCUT2D eigenvalue weighted by atomic mass is 16.3. The maximum atomic E-state index is 13.1. The molecule has 0 saturated carbocycles. The van der Waals surface area contributed by atoms with Crippen LogP contribution in [0.2, 0.25) is 0 Å². The Morgan fingerprint density at radius 1 is 1.17 bits per heavy atom. The van der Waals surface area contributed by atoms with Crippen molar-refractivity contribution >= 4 is 16.8 Å². The van der Waals surface area contributed by atoms with Crippen LogP contribution < -0.4 is 0 Å². The second kappa shape index (κ2) is 5.31. The second-order valence-electron chi connectivity index (χ2n) is 7.04.